The standard InChI is InChI=1S/C37H44N4O5S2/c1-24-33(23-47-37-41-40-26(3)48-37)45-36(46-35(24)29-14-12-27(22-42)13-15-29)30-18-16-28(17-19-30)32-10-7-6-9-31(32)21-39-34(44)11-5-4-8-20-38-25(2)43/h6-7,9-10,12-19,24,33,35-36,42H,4-5,8,11,20-23H2,1-3H3,(H,38,43)(H,39,44). The van der Waals surface area contributed by atoms with Crippen LogP contribution in [-0.2, 0) is 32.2 Å². The lowest BCUT2D eigenvalue weighted by molar-refractivity contribution is -0.268. The van der Waals surface area contributed by atoms with Crippen LogP contribution in [0.5, 0.6) is 0 Å². The molecule has 1 aliphatic heterocycles. The molecule has 4 unspecified atom stereocenters. The number of carbonyl (C=O) groups excluding carboxylic acids is 2. The molecule has 11 heteroatoms. The molecule has 5 rings (SSSR count). The zero-order valence-electron chi connectivity index (χ0n) is 27.7. The minimum Gasteiger partial charge on any atom is -0.392 e. The number of rotatable bonds is 15. The van der Waals surface area contributed by atoms with Gasteiger partial charge in [0.2, 0.25) is 11.8 Å². The van der Waals surface area contributed by atoms with Crippen LogP contribution in [0.2, 0.25) is 0 Å². The molecule has 0 radical (unpaired) electrons. The Morgan fingerprint density at radius 3 is 2.38 bits per heavy atom. The van der Waals surface area contributed by atoms with Gasteiger partial charge in [-0.2, -0.15) is 0 Å². The first kappa shape index (κ1) is 35.7. The molecule has 0 bridgehead atoms. The molecule has 1 saturated heterocycles. The van der Waals surface area contributed by atoms with E-state index < -0.39 is 6.29 Å². The Morgan fingerprint density at radius 2 is 1.67 bits per heavy atom. The maximum absolute atomic E-state index is 12.5. The monoisotopic (exact) mass is 688 g/mol. The second kappa shape index (κ2) is 17.7. The number of ether oxygens (including phenoxy) is 2. The lowest BCUT2D eigenvalue weighted by atomic mass is 9.91. The zero-order valence-corrected chi connectivity index (χ0v) is 29.3. The number of aliphatic hydroxyl groups excluding tert-OH is 1. The van der Waals surface area contributed by atoms with Crippen LogP contribution in [0, 0.1) is 12.8 Å². The number of aliphatic hydroxyl groups is 1. The van der Waals surface area contributed by atoms with Gasteiger partial charge in [-0.25, -0.2) is 0 Å². The normalized spacial score (nSPS) is 19.2. The van der Waals surface area contributed by atoms with Crippen molar-refractivity contribution in [3.8, 4) is 11.1 Å². The Bertz CT molecular complexity index is 1630. The molecule has 2 heterocycles. The van der Waals surface area contributed by atoms with Crippen LogP contribution < -0.4 is 10.6 Å². The van der Waals surface area contributed by atoms with E-state index in [1.807, 2.05) is 49.4 Å². The summed E-state index contributed by atoms with van der Waals surface area (Å²) in [6.07, 6.45) is 2.15. The van der Waals surface area contributed by atoms with Gasteiger partial charge in [-0.15, -0.1) is 10.2 Å². The molecule has 4 aromatic rings. The second-order valence-electron chi connectivity index (χ2n) is 12.1. The fraction of sp³-hybridized carbons (Fsp3) is 0.405. The Morgan fingerprint density at radius 1 is 0.917 bits per heavy atom. The smallest absolute Gasteiger partial charge is 0.220 e. The van der Waals surface area contributed by atoms with Crippen molar-refractivity contribution in [3.05, 3.63) is 100 Å². The van der Waals surface area contributed by atoms with Gasteiger partial charge in [-0.1, -0.05) is 109 Å². The molecule has 1 fully saturated rings. The van der Waals surface area contributed by atoms with Crippen LogP contribution in [0.25, 0.3) is 11.1 Å². The molecule has 2 amide bonds. The van der Waals surface area contributed by atoms with Gasteiger partial charge in [-0.05, 0) is 47.6 Å². The molecule has 254 valence electrons. The van der Waals surface area contributed by atoms with Gasteiger partial charge in [0, 0.05) is 43.7 Å². The first-order valence-electron chi connectivity index (χ1n) is 16.4. The summed E-state index contributed by atoms with van der Waals surface area (Å²) in [6, 6.07) is 24.3. The minimum absolute atomic E-state index is 0.00238. The Kier molecular flexibility index (Phi) is 13.2. The molecule has 9 nitrogen and oxygen atoms in total. The summed E-state index contributed by atoms with van der Waals surface area (Å²) in [6.45, 7) is 6.71. The number of aromatic nitrogens is 2. The lowest BCUT2D eigenvalue weighted by Crippen LogP contribution is -2.38. The molecule has 48 heavy (non-hydrogen) atoms. The van der Waals surface area contributed by atoms with Crippen LogP contribution >= 0.6 is 23.1 Å². The molecular formula is C37H44N4O5S2. The number of amides is 2. The molecular weight excluding hydrogens is 645 g/mol. The van der Waals surface area contributed by atoms with Crippen molar-refractivity contribution in [2.45, 2.75) is 82.4 Å². The highest BCUT2D eigenvalue weighted by molar-refractivity contribution is 8.01. The summed E-state index contributed by atoms with van der Waals surface area (Å²) in [5.41, 5.74) is 5.97. The summed E-state index contributed by atoms with van der Waals surface area (Å²) in [4.78, 5) is 23.5. The third kappa shape index (κ3) is 9.96. The van der Waals surface area contributed by atoms with Crippen molar-refractivity contribution >= 4 is 34.9 Å². The van der Waals surface area contributed by atoms with Crippen LogP contribution in [0.1, 0.15) is 79.2 Å². The zero-order chi connectivity index (χ0) is 33.9. The number of benzene rings is 3. The van der Waals surface area contributed by atoms with Crippen molar-refractivity contribution in [2.75, 3.05) is 12.3 Å². The van der Waals surface area contributed by atoms with Gasteiger partial charge in [0.15, 0.2) is 10.6 Å². The van der Waals surface area contributed by atoms with Crippen LogP contribution in [-0.4, -0.2) is 45.5 Å². The Hall–Kier alpha value is -3.61. The predicted octanol–water partition coefficient (Wildman–Crippen LogP) is 6.90. The number of thioether (sulfide) groups is 1. The number of hydrogen-bond donors (Lipinski definition) is 3. The highest BCUT2D eigenvalue weighted by atomic mass is 32.2. The van der Waals surface area contributed by atoms with Crippen molar-refractivity contribution in [3.63, 3.8) is 0 Å². The highest BCUT2D eigenvalue weighted by Gasteiger charge is 2.38. The van der Waals surface area contributed by atoms with E-state index in [1.165, 1.54) is 6.92 Å². The molecule has 0 spiro atoms. The lowest BCUT2D eigenvalue weighted by Gasteiger charge is -2.41. The van der Waals surface area contributed by atoms with Crippen LogP contribution in [0.15, 0.2) is 77.1 Å². The van der Waals surface area contributed by atoms with Crippen LogP contribution in [0.3, 0.4) is 0 Å². The van der Waals surface area contributed by atoms with E-state index >= 15 is 0 Å². The van der Waals surface area contributed by atoms with E-state index in [0.717, 1.165) is 67.7 Å². The van der Waals surface area contributed by atoms with Gasteiger partial charge in [0.1, 0.15) is 5.01 Å². The minimum atomic E-state index is -0.563. The van der Waals surface area contributed by atoms with Gasteiger partial charge in [0.05, 0.1) is 18.8 Å². The molecule has 4 atom stereocenters. The second-order valence-corrected chi connectivity index (χ2v) is 14.5. The first-order valence-corrected chi connectivity index (χ1v) is 18.2. The van der Waals surface area contributed by atoms with Gasteiger partial charge in [-0.3, -0.25) is 9.59 Å². The van der Waals surface area contributed by atoms with Gasteiger partial charge < -0.3 is 25.2 Å². The number of hydrogen-bond acceptors (Lipinski definition) is 9. The van der Waals surface area contributed by atoms with E-state index in [9.17, 15) is 14.7 Å². The van der Waals surface area contributed by atoms with Gasteiger partial charge >= 0.3 is 0 Å². The quantitative estimate of drug-likeness (QED) is 0.0911. The largest absolute Gasteiger partial charge is 0.392 e. The summed E-state index contributed by atoms with van der Waals surface area (Å²) in [5, 5.41) is 24.8. The number of carbonyl (C=O) groups is 2. The average Bonchev–Trinajstić information content (AvgIpc) is 3.53. The maximum Gasteiger partial charge on any atom is 0.220 e. The van der Waals surface area contributed by atoms with E-state index in [1.54, 1.807) is 23.1 Å². The van der Waals surface area contributed by atoms with E-state index in [-0.39, 0.29) is 36.5 Å². The molecule has 1 aromatic heterocycles. The third-order valence-electron chi connectivity index (χ3n) is 8.44. The fourth-order valence-corrected chi connectivity index (χ4v) is 7.72. The van der Waals surface area contributed by atoms with Crippen molar-refractivity contribution in [1.82, 2.24) is 20.8 Å². The third-order valence-corrected chi connectivity index (χ3v) is 10.5. The maximum atomic E-state index is 12.5. The summed E-state index contributed by atoms with van der Waals surface area (Å²) in [5.74, 6) is 0.790. The summed E-state index contributed by atoms with van der Waals surface area (Å²) < 4.78 is 14.2. The fourth-order valence-electron chi connectivity index (χ4n) is 5.71. The van der Waals surface area contributed by atoms with Gasteiger partial charge in [0.25, 0.3) is 0 Å². The topological polar surface area (TPSA) is 123 Å². The van der Waals surface area contributed by atoms with E-state index in [0.29, 0.717) is 19.5 Å². The SMILES string of the molecule is CC(=O)NCCCCCC(=O)NCc1ccccc1-c1ccc(C2OC(CSc3nnc(C)s3)C(C)C(c3ccc(CO)cc3)O2)cc1. The Labute approximate surface area is 290 Å². The van der Waals surface area contributed by atoms with E-state index in [4.69, 9.17) is 9.47 Å². The predicted molar refractivity (Wildman–Crippen MR) is 189 cm³/mol. The number of nitrogens with zero attached hydrogens (tertiary/aromatic N) is 2. The number of unbranched alkanes of at least 4 members (excludes halogenated alkanes) is 2. The molecule has 1 aliphatic rings. The first-order chi connectivity index (χ1) is 23.3. The Balaban J connectivity index is 1.25. The molecule has 3 N–H and O–H groups in total. The number of nitrogens with one attached hydrogen (secondary N) is 2. The van der Waals surface area contributed by atoms with Crippen molar-refractivity contribution < 1.29 is 24.2 Å². The summed E-state index contributed by atoms with van der Waals surface area (Å²) >= 11 is 3.24. The van der Waals surface area contributed by atoms with Crippen molar-refractivity contribution in [2.24, 2.45) is 5.92 Å². The molecule has 3 aromatic carbocycles. The number of aryl methyl sites for hydroxylation is 1. The van der Waals surface area contributed by atoms with E-state index in [2.05, 4.69) is 58.1 Å². The molecule has 0 saturated carbocycles. The highest BCUT2D eigenvalue weighted by Crippen LogP contribution is 2.43. The van der Waals surface area contributed by atoms with Crippen molar-refractivity contribution in [1.29, 1.82) is 0 Å². The molecule has 0 aliphatic carbocycles. The summed E-state index contributed by atoms with van der Waals surface area (Å²) in [7, 11) is 0. The average molecular weight is 689 g/mol. The van der Waals surface area contributed by atoms with Crippen LogP contribution in [0.4, 0.5) is 0 Å².